The van der Waals surface area contributed by atoms with Gasteiger partial charge in [-0.1, -0.05) is 17.3 Å². The largest absolute Gasteiger partial charge is 0.462 e. The zero-order valence-corrected chi connectivity index (χ0v) is 19.2. The van der Waals surface area contributed by atoms with Gasteiger partial charge in [0.15, 0.2) is 5.58 Å². The van der Waals surface area contributed by atoms with Gasteiger partial charge in [-0.2, -0.15) is 0 Å². The summed E-state index contributed by atoms with van der Waals surface area (Å²) >= 11 is 1.67. The fourth-order valence-electron chi connectivity index (χ4n) is 3.97. The van der Waals surface area contributed by atoms with Gasteiger partial charge in [-0.25, -0.2) is 14.6 Å². The maximum absolute atomic E-state index is 13.0. The molecule has 1 aromatic carbocycles. The van der Waals surface area contributed by atoms with Gasteiger partial charge >= 0.3 is 11.7 Å². The van der Waals surface area contributed by atoms with Gasteiger partial charge in [-0.15, -0.1) is 11.3 Å². The molecule has 0 N–H and O–H groups in total. The third-order valence-corrected chi connectivity index (χ3v) is 6.45. The molecule has 8 nitrogen and oxygen atoms in total. The third kappa shape index (κ3) is 3.84. The molecule has 0 saturated carbocycles. The number of para-hydroxylation sites is 2. The van der Waals surface area contributed by atoms with Crippen LogP contribution >= 0.6 is 11.3 Å². The molecule has 9 heteroatoms. The highest BCUT2D eigenvalue weighted by Gasteiger charge is 2.21. The van der Waals surface area contributed by atoms with Crippen LogP contribution < -0.4 is 5.76 Å². The first-order valence-corrected chi connectivity index (χ1v) is 11.3. The lowest BCUT2D eigenvalue weighted by atomic mass is 10.1. The van der Waals surface area contributed by atoms with Crippen molar-refractivity contribution in [1.29, 1.82) is 0 Å². The summed E-state index contributed by atoms with van der Waals surface area (Å²) in [5.41, 5.74) is 4.09. The molecule has 0 aliphatic carbocycles. The van der Waals surface area contributed by atoms with E-state index in [-0.39, 0.29) is 6.61 Å². The molecule has 5 rings (SSSR count). The number of carbonyl (C=O) groups excluding carboxylic acids is 1. The summed E-state index contributed by atoms with van der Waals surface area (Å²) in [5.74, 6) is -0.909. The summed E-state index contributed by atoms with van der Waals surface area (Å²) in [4.78, 5) is 32.0. The fourth-order valence-corrected chi connectivity index (χ4v) is 4.90. The smallest absolute Gasteiger partial charge is 0.419 e. The van der Waals surface area contributed by atoms with Gasteiger partial charge in [-0.3, -0.25) is 4.57 Å². The Morgan fingerprint density at radius 3 is 2.79 bits per heavy atom. The zero-order valence-electron chi connectivity index (χ0n) is 18.4. The number of hydrogen-bond donors (Lipinski definition) is 0. The highest BCUT2D eigenvalue weighted by Crippen LogP contribution is 2.33. The lowest BCUT2D eigenvalue weighted by Crippen LogP contribution is -2.16. The summed E-state index contributed by atoms with van der Waals surface area (Å²) in [6, 6.07) is 11.0. The Labute approximate surface area is 192 Å². The van der Waals surface area contributed by atoms with Gasteiger partial charge in [-0.05, 0) is 51.5 Å². The van der Waals surface area contributed by atoms with E-state index in [0.717, 1.165) is 20.8 Å². The second kappa shape index (κ2) is 8.32. The van der Waals surface area contributed by atoms with Crippen molar-refractivity contribution in [2.24, 2.45) is 0 Å². The van der Waals surface area contributed by atoms with Gasteiger partial charge < -0.3 is 13.7 Å². The topological polar surface area (TPSA) is 100 Å². The van der Waals surface area contributed by atoms with Crippen LogP contribution in [0.3, 0.4) is 0 Å². The van der Waals surface area contributed by atoms with E-state index >= 15 is 0 Å². The van der Waals surface area contributed by atoms with E-state index in [1.807, 2.05) is 38.1 Å². The number of thiophene rings is 1. The van der Waals surface area contributed by atoms with Crippen LogP contribution in [0.1, 0.15) is 32.2 Å². The summed E-state index contributed by atoms with van der Waals surface area (Å²) < 4.78 is 17.7. The van der Waals surface area contributed by atoms with E-state index in [0.29, 0.717) is 46.6 Å². The SMILES string of the molecule is Cc1cc(-c2cc(C(=O)OCCCn3c(=O)oc4ccccc43)c3c(C)noc3n2)c(C)s1. The standard InChI is InChI=1S/C24H21N3O5S/c1-13-11-16(15(3)33-13)18-12-17(21-14(2)26-32-22(21)25-18)23(28)30-10-6-9-27-19-7-4-5-8-20(19)31-24(27)29/h4-5,7-8,11-12H,6,9-10H2,1-3H3. The number of fused-ring (bicyclic) bond motifs is 2. The normalized spacial score (nSPS) is 11.5. The van der Waals surface area contributed by atoms with Crippen LogP contribution in [0.25, 0.3) is 33.5 Å². The molecular weight excluding hydrogens is 442 g/mol. The summed E-state index contributed by atoms with van der Waals surface area (Å²) in [6.07, 6.45) is 0.460. The van der Waals surface area contributed by atoms with Crippen LogP contribution in [-0.2, 0) is 11.3 Å². The maximum Gasteiger partial charge on any atom is 0.419 e. The Morgan fingerprint density at radius 1 is 1.18 bits per heavy atom. The molecule has 0 bridgehead atoms. The minimum Gasteiger partial charge on any atom is -0.462 e. The average molecular weight is 464 g/mol. The van der Waals surface area contributed by atoms with Gasteiger partial charge in [0.25, 0.3) is 5.71 Å². The quantitative estimate of drug-likeness (QED) is 0.257. The first kappa shape index (κ1) is 21.1. The van der Waals surface area contributed by atoms with E-state index < -0.39 is 11.7 Å². The number of benzene rings is 1. The summed E-state index contributed by atoms with van der Waals surface area (Å²) in [6.45, 7) is 6.33. The van der Waals surface area contributed by atoms with Crippen LogP contribution in [0.2, 0.25) is 0 Å². The van der Waals surface area contributed by atoms with Crippen LogP contribution in [0.15, 0.2) is 50.1 Å². The number of aromatic nitrogens is 3. The molecule has 0 spiro atoms. The predicted molar refractivity (Wildman–Crippen MR) is 125 cm³/mol. The Balaban J connectivity index is 1.37. The molecule has 0 atom stereocenters. The van der Waals surface area contributed by atoms with Crippen molar-refractivity contribution in [2.45, 2.75) is 33.7 Å². The van der Waals surface area contributed by atoms with Gasteiger partial charge in [0, 0.05) is 21.9 Å². The van der Waals surface area contributed by atoms with Crippen molar-refractivity contribution < 1.29 is 18.5 Å². The molecule has 4 heterocycles. The zero-order chi connectivity index (χ0) is 23.1. The minimum atomic E-state index is -0.482. The predicted octanol–water partition coefficient (Wildman–Crippen LogP) is 5.03. The van der Waals surface area contributed by atoms with E-state index in [1.54, 1.807) is 30.4 Å². The van der Waals surface area contributed by atoms with Crippen molar-refractivity contribution in [3.05, 3.63) is 68.0 Å². The lowest BCUT2D eigenvalue weighted by molar-refractivity contribution is 0.0498. The van der Waals surface area contributed by atoms with E-state index in [2.05, 4.69) is 10.1 Å². The average Bonchev–Trinajstić information content (AvgIpc) is 3.44. The number of rotatable bonds is 6. The van der Waals surface area contributed by atoms with Crippen molar-refractivity contribution >= 4 is 39.5 Å². The number of esters is 1. The molecule has 0 aliphatic rings. The van der Waals surface area contributed by atoms with Gasteiger partial charge in [0.2, 0.25) is 0 Å². The maximum atomic E-state index is 13.0. The molecule has 4 aromatic heterocycles. The number of oxazole rings is 1. The number of hydrogen-bond acceptors (Lipinski definition) is 8. The highest BCUT2D eigenvalue weighted by atomic mass is 32.1. The fraction of sp³-hybridized carbons (Fsp3) is 0.250. The number of ether oxygens (including phenoxy) is 1. The molecule has 0 saturated heterocycles. The Kier molecular flexibility index (Phi) is 5.33. The van der Waals surface area contributed by atoms with Crippen LogP contribution in [-0.4, -0.2) is 27.3 Å². The molecule has 5 aromatic rings. The first-order valence-electron chi connectivity index (χ1n) is 10.5. The molecule has 0 fully saturated rings. The van der Waals surface area contributed by atoms with Gasteiger partial charge in [0.1, 0.15) is 0 Å². The first-order chi connectivity index (χ1) is 15.9. The Hall–Kier alpha value is -3.72. The molecule has 0 amide bonds. The van der Waals surface area contributed by atoms with Crippen molar-refractivity contribution in [1.82, 2.24) is 14.7 Å². The summed E-state index contributed by atoms with van der Waals surface area (Å²) in [5, 5.41) is 4.53. The highest BCUT2D eigenvalue weighted by molar-refractivity contribution is 7.12. The monoisotopic (exact) mass is 463 g/mol. The number of carbonyl (C=O) groups is 1. The Bertz CT molecular complexity index is 1560. The van der Waals surface area contributed by atoms with Gasteiger partial charge in [0.05, 0.1) is 34.5 Å². The molecule has 0 radical (unpaired) electrons. The van der Waals surface area contributed by atoms with Crippen molar-refractivity contribution in [2.75, 3.05) is 6.61 Å². The lowest BCUT2D eigenvalue weighted by Gasteiger charge is -2.08. The summed E-state index contributed by atoms with van der Waals surface area (Å²) in [7, 11) is 0. The van der Waals surface area contributed by atoms with E-state index in [4.69, 9.17) is 13.7 Å². The van der Waals surface area contributed by atoms with E-state index in [9.17, 15) is 9.59 Å². The van der Waals surface area contributed by atoms with Crippen LogP contribution in [0.5, 0.6) is 0 Å². The second-order valence-corrected chi connectivity index (χ2v) is 9.27. The number of nitrogens with zero attached hydrogens (tertiary/aromatic N) is 3. The minimum absolute atomic E-state index is 0.144. The molecule has 0 unspecified atom stereocenters. The van der Waals surface area contributed by atoms with E-state index in [1.165, 1.54) is 4.57 Å². The van der Waals surface area contributed by atoms with Crippen LogP contribution in [0, 0.1) is 20.8 Å². The van der Waals surface area contributed by atoms with Crippen molar-refractivity contribution in [3.8, 4) is 11.3 Å². The molecular formula is C24H21N3O5S. The molecule has 168 valence electrons. The molecule has 33 heavy (non-hydrogen) atoms. The molecule has 0 aliphatic heterocycles. The number of pyridine rings is 1. The third-order valence-electron chi connectivity index (χ3n) is 5.49. The Morgan fingerprint density at radius 2 is 2.00 bits per heavy atom. The van der Waals surface area contributed by atoms with Crippen LogP contribution in [0.4, 0.5) is 0 Å². The number of aryl methyl sites for hydroxylation is 4. The second-order valence-electron chi connectivity index (χ2n) is 7.81. The van der Waals surface area contributed by atoms with Crippen molar-refractivity contribution in [3.63, 3.8) is 0 Å².